The maximum atomic E-state index is 12.9. The number of ether oxygens (including phenoxy) is 2. The van der Waals surface area contributed by atoms with Gasteiger partial charge in [0.1, 0.15) is 17.1 Å². The van der Waals surface area contributed by atoms with Crippen LogP contribution in [0.1, 0.15) is 102 Å². The number of amides is 5. The van der Waals surface area contributed by atoms with E-state index in [1.54, 1.807) is 66.7 Å². The number of urea groups is 2. The summed E-state index contributed by atoms with van der Waals surface area (Å²) in [6.07, 6.45) is 13.1. The summed E-state index contributed by atoms with van der Waals surface area (Å²) in [5, 5.41) is 17.2. The predicted octanol–water partition coefficient (Wildman–Crippen LogP) is 8.22. The number of hydrogen-bond donors (Lipinski definition) is 7. The molecular formula is C58H64N6O11S2. The number of hydrogen-bond acceptors (Lipinski definition) is 11. The molecule has 77 heavy (non-hydrogen) atoms. The Bertz CT molecular complexity index is 3340. The molecule has 4 aliphatic rings. The van der Waals surface area contributed by atoms with Crippen LogP contribution in [0.15, 0.2) is 119 Å². The highest BCUT2D eigenvalue weighted by molar-refractivity contribution is 7.90. The van der Waals surface area contributed by atoms with Crippen molar-refractivity contribution in [3.05, 3.63) is 176 Å². The number of para-hydroxylation sites is 2. The number of carboxylic acid groups (broad SMARTS) is 1. The molecule has 4 aliphatic carbocycles. The third kappa shape index (κ3) is 13.5. The molecule has 0 spiro atoms. The molecule has 0 saturated carbocycles. The first-order chi connectivity index (χ1) is 37.1. The summed E-state index contributed by atoms with van der Waals surface area (Å²) in [7, 11) is -5.02. The maximum Gasteiger partial charge on any atom is 0.339 e. The Hall–Kier alpha value is -7.74. The lowest BCUT2D eigenvalue weighted by molar-refractivity contribution is 0.0692. The summed E-state index contributed by atoms with van der Waals surface area (Å²) in [5.74, 6) is -0.328. The van der Waals surface area contributed by atoms with Gasteiger partial charge < -0.3 is 36.3 Å². The molecule has 19 heteroatoms. The van der Waals surface area contributed by atoms with Gasteiger partial charge in [0.2, 0.25) is 0 Å². The number of carboxylic acids is 1. The Kier molecular flexibility index (Phi) is 18.0. The first-order valence-electron chi connectivity index (χ1n) is 25.7. The number of nitrogens with two attached hydrogens (primary N) is 1. The number of fused-ring (bicyclic) bond motifs is 4. The van der Waals surface area contributed by atoms with E-state index in [4.69, 9.17) is 20.3 Å². The highest BCUT2D eigenvalue weighted by atomic mass is 32.2. The summed E-state index contributed by atoms with van der Waals surface area (Å²) >= 11 is 0. The lowest BCUT2D eigenvalue weighted by Gasteiger charge is -2.16. The van der Waals surface area contributed by atoms with Gasteiger partial charge in [-0.25, -0.2) is 40.7 Å². The number of carbonyl (C=O) groups excluding carboxylic acids is 3. The van der Waals surface area contributed by atoms with Crippen molar-refractivity contribution in [1.82, 2.24) is 14.8 Å². The van der Waals surface area contributed by atoms with E-state index >= 15 is 0 Å². The molecule has 0 bridgehead atoms. The van der Waals surface area contributed by atoms with Gasteiger partial charge >= 0.3 is 18.0 Å². The van der Waals surface area contributed by atoms with Crippen LogP contribution in [0.25, 0.3) is 0 Å². The van der Waals surface area contributed by atoms with Crippen molar-refractivity contribution in [2.24, 2.45) is 5.73 Å². The van der Waals surface area contributed by atoms with E-state index in [9.17, 15) is 36.0 Å². The van der Waals surface area contributed by atoms with Gasteiger partial charge in [0, 0.05) is 17.9 Å². The minimum atomic E-state index is -4.05. The highest BCUT2D eigenvalue weighted by Crippen LogP contribution is 2.40. The third-order valence-electron chi connectivity index (χ3n) is 14.2. The summed E-state index contributed by atoms with van der Waals surface area (Å²) in [5.41, 5.74) is 19.3. The molecule has 8 N–H and O–H groups in total. The first kappa shape index (κ1) is 55.5. The normalized spacial score (nSPS) is 13.7. The molecule has 0 aliphatic heterocycles. The zero-order chi connectivity index (χ0) is 54.7. The molecule has 0 heterocycles. The number of benzene rings is 6. The molecule has 0 fully saturated rings. The number of nitrogens with one attached hydrogen (secondary N) is 5. The van der Waals surface area contributed by atoms with Crippen LogP contribution in [0.5, 0.6) is 11.5 Å². The highest BCUT2D eigenvalue weighted by Gasteiger charge is 2.28. The van der Waals surface area contributed by atoms with Gasteiger partial charge in [-0.1, -0.05) is 60.7 Å². The van der Waals surface area contributed by atoms with Crippen molar-refractivity contribution in [2.75, 3.05) is 37.9 Å². The van der Waals surface area contributed by atoms with Gasteiger partial charge in [-0.3, -0.25) is 4.79 Å². The van der Waals surface area contributed by atoms with Crippen LogP contribution >= 0.6 is 0 Å². The van der Waals surface area contributed by atoms with Crippen LogP contribution in [-0.2, 0) is 84.3 Å². The van der Waals surface area contributed by atoms with Gasteiger partial charge in [0.15, 0.2) is 0 Å². The molecule has 6 aromatic carbocycles. The summed E-state index contributed by atoms with van der Waals surface area (Å²) in [6, 6.07) is 29.3. The first-order valence-corrected chi connectivity index (χ1v) is 28.7. The van der Waals surface area contributed by atoms with Gasteiger partial charge in [0.25, 0.3) is 26.0 Å². The average Bonchev–Trinajstić information content (AvgIpc) is 4.28. The Morgan fingerprint density at radius 1 is 0.519 bits per heavy atom. The number of anilines is 2. The fraction of sp³-hybridized carbons (Fsp3) is 0.310. The lowest BCUT2D eigenvalue weighted by Crippen LogP contribution is -2.35. The largest absolute Gasteiger partial charge is 0.496 e. The smallest absolute Gasteiger partial charge is 0.339 e. The number of methoxy groups -OCH3 is 2. The number of aromatic carboxylic acids is 1. The van der Waals surface area contributed by atoms with Crippen LogP contribution in [-0.4, -0.2) is 73.2 Å². The van der Waals surface area contributed by atoms with Crippen molar-refractivity contribution < 1.29 is 50.6 Å². The minimum absolute atomic E-state index is 0.00187. The van der Waals surface area contributed by atoms with Crippen molar-refractivity contribution in [1.29, 1.82) is 0 Å². The fourth-order valence-electron chi connectivity index (χ4n) is 10.5. The predicted molar refractivity (Wildman–Crippen MR) is 294 cm³/mol. The van der Waals surface area contributed by atoms with E-state index in [0.29, 0.717) is 43.0 Å². The van der Waals surface area contributed by atoms with Gasteiger partial charge in [-0.2, -0.15) is 0 Å². The molecular weight excluding hydrogens is 1020 g/mol. The lowest BCUT2D eigenvalue weighted by atomic mass is 9.99. The number of sulfonamides is 2. The van der Waals surface area contributed by atoms with Gasteiger partial charge in [0.05, 0.1) is 29.6 Å². The summed E-state index contributed by atoms with van der Waals surface area (Å²) in [6.45, 7) is 0.869. The van der Waals surface area contributed by atoms with Gasteiger partial charge in [-0.05, 0) is 201 Å². The second-order valence-corrected chi connectivity index (χ2v) is 22.5. The van der Waals surface area contributed by atoms with Crippen LogP contribution in [0.4, 0.5) is 21.0 Å². The Balaban J connectivity index is 0.000000175. The van der Waals surface area contributed by atoms with Crippen LogP contribution in [0, 0.1) is 0 Å². The topological polar surface area (TPSA) is 261 Å². The molecule has 0 saturated heterocycles. The van der Waals surface area contributed by atoms with Gasteiger partial charge in [-0.15, -0.1) is 0 Å². The zero-order valence-corrected chi connectivity index (χ0v) is 44.8. The van der Waals surface area contributed by atoms with E-state index in [-0.39, 0.29) is 21.3 Å². The second kappa shape index (κ2) is 24.9. The van der Waals surface area contributed by atoms with Crippen LogP contribution in [0.3, 0.4) is 0 Å². The van der Waals surface area contributed by atoms with E-state index in [2.05, 4.69) is 37.5 Å². The quantitative estimate of drug-likeness (QED) is 0.0513. The molecule has 5 amide bonds. The summed E-state index contributed by atoms with van der Waals surface area (Å²) < 4.78 is 65.3. The number of rotatable bonds is 15. The summed E-state index contributed by atoms with van der Waals surface area (Å²) in [4.78, 5) is 48.3. The molecule has 10 rings (SSSR count). The SMILES string of the molecule is COc1ccccc1C(=O)NCCc1ccc(S(=O)(=O)NC(=O)Nc2c3c(cc4c2CCC4)CCC3)cc1.COc1ccccc1C(=O)O.NCCc1ccc(S(=O)(=O)NC(=O)Nc2c3c(cc4c2CCC4)CCC3)cc1. The van der Waals surface area contributed by atoms with Crippen molar-refractivity contribution in [3.63, 3.8) is 0 Å². The van der Waals surface area contributed by atoms with Crippen molar-refractivity contribution >= 4 is 55.4 Å². The molecule has 0 radical (unpaired) electrons. The Morgan fingerprint density at radius 2 is 0.896 bits per heavy atom. The Labute approximate surface area is 449 Å². The molecule has 404 valence electrons. The van der Waals surface area contributed by atoms with E-state index in [0.717, 1.165) is 111 Å². The zero-order valence-electron chi connectivity index (χ0n) is 43.1. The standard InChI is InChI=1S/C29H31N3O5S.C21H25N3O3S.C8H8O3/c1-37-26-11-3-2-8-25(26)28(33)30-17-16-19-12-14-22(15-13-19)38(35,36)32-29(34)31-27-23-9-4-6-20(23)18-21-7-5-10-24(21)27;22-12-11-14-7-9-17(10-8-14)28(26,27)24-21(25)23-20-18-5-1-3-15(18)13-16-4-2-6-19(16)20;1-11-7-5-3-2-4-6(7)8(9)10/h2-3,8,11-15,18H,4-7,9-10,16-17H2,1H3,(H,30,33)(H2,31,32,34);7-10,13H,1-6,11-12,22H2,(H2,23,24,25);2-5H,1H3,(H,9,10). The van der Waals surface area contributed by atoms with Crippen molar-refractivity contribution in [2.45, 2.75) is 99.7 Å². The molecule has 6 aromatic rings. The van der Waals surface area contributed by atoms with E-state index in [1.165, 1.54) is 77.9 Å². The monoisotopic (exact) mass is 1080 g/mol. The molecule has 0 atom stereocenters. The van der Waals surface area contributed by atoms with Crippen LogP contribution in [0.2, 0.25) is 0 Å². The maximum absolute atomic E-state index is 12.9. The van der Waals surface area contributed by atoms with Crippen molar-refractivity contribution in [3.8, 4) is 11.5 Å². The van der Waals surface area contributed by atoms with E-state index in [1.807, 2.05) is 0 Å². The minimum Gasteiger partial charge on any atom is -0.496 e. The molecule has 17 nitrogen and oxygen atoms in total. The van der Waals surface area contributed by atoms with E-state index < -0.39 is 38.1 Å². The number of carbonyl (C=O) groups is 4. The molecule has 0 aromatic heterocycles. The third-order valence-corrected chi connectivity index (χ3v) is 16.9. The Morgan fingerprint density at radius 3 is 1.27 bits per heavy atom. The van der Waals surface area contributed by atoms with Crippen LogP contribution < -0.4 is 40.6 Å². The fourth-order valence-corrected chi connectivity index (χ4v) is 12.3. The molecule has 0 unspecified atom stereocenters. The second-order valence-electron chi connectivity index (χ2n) is 19.1. The number of aryl methyl sites for hydroxylation is 4. The average molecular weight is 1090 g/mol.